The van der Waals surface area contributed by atoms with E-state index in [0.717, 1.165) is 12.1 Å². The van der Waals surface area contributed by atoms with E-state index in [2.05, 4.69) is 11.4 Å². The first kappa shape index (κ1) is 11.5. The van der Waals surface area contributed by atoms with Gasteiger partial charge < -0.3 is 15.0 Å². The number of amides is 1. The van der Waals surface area contributed by atoms with Gasteiger partial charge >= 0.3 is 0 Å². The predicted octanol–water partition coefficient (Wildman–Crippen LogP) is 1.27. The van der Waals surface area contributed by atoms with Crippen molar-refractivity contribution in [2.45, 2.75) is 25.4 Å². The maximum atomic E-state index is 12.5. The smallest absolute Gasteiger partial charge is 0.245 e. The number of benzene rings is 1. The van der Waals surface area contributed by atoms with E-state index in [1.165, 1.54) is 5.56 Å². The SMILES string of the molecule is C[C@@H]1COCCN1C(=O)[C@@H]1Cc2ccccc2N1. The molecular weight excluding hydrogens is 228 g/mol. The van der Waals surface area contributed by atoms with Crippen LogP contribution in [0.1, 0.15) is 12.5 Å². The number of para-hydroxylation sites is 1. The lowest BCUT2D eigenvalue weighted by Crippen LogP contribution is -2.52. The second-order valence-electron chi connectivity index (χ2n) is 5.01. The Kier molecular flexibility index (Phi) is 2.96. The zero-order valence-electron chi connectivity index (χ0n) is 10.6. The van der Waals surface area contributed by atoms with Gasteiger partial charge in [0, 0.05) is 18.7 Å². The molecule has 0 spiro atoms. The number of rotatable bonds is 1. The summed E-state index contributed by atoms with van der Waals surface area (Å²) in [5.41, 5.74) is 2.33. The summed E-state index contributed by atoms with van der Waals surface area (Å²) in [6, 6.07) is 8.20. The molecule has 4 nitrogen and oxygen atoms in total. The Morgan fingerprint density at radius 2 is 2.28 bits per heavy atom. The number of hydrogen-bond donors (Lipinski definition) is 1. The minimum absolute atomic E-state index is 0.108. The Hall–Kier alpha value is -1.55. The molecule has 0 unspecified atom stereocenters. The highest BCUT2D eigenvalue weighted by Gasteiger charge is 2.33. The van der Waals surface area contributed by atoms with Crippen molar-refractivity contribution >= 4 is 11.6 Å². The highest BCUT2D eigenvalue weighted by Crippen LogP contribution is 2.26. The molecule has 3 rings (SSSR count). The van der Waals surface area contributed by atoms with Gasteiger partial charge in [0.25, 0.3) is 0 Å². The number of ether oxygens (including phenoxy) is 1. The van der Waals surface area contributed by atoms with Crippen LogP contribution in [0.25, 0.3) is 0 Å². The Balaban J connectivity index is 1.72. The standard InChI is InChI=1S/C14H18N2O2/c1-10-9-18-7-6-16(10)14(17)13-8-11-4-2-3-5-12(11)15-13/h2-5,10,13,15H,6-9H2,1H3/t10-,13+/m1/s1. The van der Waals surface area contributed by atoms with Crippen molar-refractivity contribution in [3.8, 4) is 0 Å². The third-order valence-electron chi connectivity index (χ3n) is 3.72. The van der Waals surface area contributed by atoms with Gasteiger partial charge in [-0.3, -0.25) is 4.79 Å². The lowest BCUT2D eigenvalue weighted by Gasteiger charge is -2.35. The Morgan fingerprint density at radius 3 is 3.06 bits per heavy atom. The second-order valence-corrected chi connectivity index (χ2v) is 5.01. The van der Waals surface area contributed by atoms with Crippen molar-refractivity contribution in [3.63, 3.8) is 0 Å². The van der Waals surface area contributed by atoms with Crippen LogP contribution in [0.5, 0.6) is 0 Å². The van der Waals surface area contributed by atoms with E-state index in [1.807, 2.05) is 30.0 Å². The number of nitrogens with one attached hydrogen (secondary N) is 1. The molecule has 1 aromatic rings. The van der Waals surface area contributed by atoms with Crippen molar-refractivity contribution in [1.29, 1.82) is 0 Å². The van der Waals surface area contributed by atoms with E-state index in [0.29, 0.717) is 19.8 Å². The molecule has 96 valence electrons. The van der Waals surface area contributed by atoms with E-state index < -0.39 is 0 Å². The van der Waals surface area contributed by atoms with Crippen molar-refractivity contribution < 1.29 is 9.53 Å². The third kappa shape index (κ3) is 1.97. The van der Waals surface area contributed by atoms with E-state index in [9.17, 15) is 4.79 Å². The third-order valence-corrected chi connectivity index (χ3v) is 3.72. The number of carbonyl (C=O) groups excluding carboxylic acids is 1. The highest BCUT2D eigenvalue weighted by molar-refractivity contribution is 5.87. The Morgan fingerprint density at radius 1 is 1.44 bits per heavy atom. The molecule has 0 bridgehead atoms. The lowest BCUT2D eigenvalue weighted by molar-refractivity contribution is -0.139. The summed E-state index contributed by atoms with van der Waals surface area (Å²) < 4.78 is 5.37. The molecule has 0 aliphatic carbocycles. The van der Waals surface area contributed by atoms with E-state index >= 15 is 0 Å². The quantitative estimate of drug-likeness (QED) is 0.811. The molecule has 2 aliphatic rings. The summed E-state index contributed by atoms with van der Waals surface area (Å²) in [5, 5.41) is 3.32. The average molecular weight is 246 g/mol. The van der Waals surface area contributed by atoms with Gasteiger partial charge in [-0.2, -0.15) is 0 Å². The van der Waals surface area contributed by atoms with Crippen LogP contribution >= 0.6 is 0 Å². The minimum atomic E-state index is -0.108. The van der Waals surface area contributed by atoms with Crippen LogP contribution in [0, 0.1) is 0 Å². The Bertz CT molecular complexity index is 436. The fraction of sp³-hybridized carbons (Fsp3) is 0.500. The molecule has 18 heavy (non-hydrogen) atoms. The van der Waals surface area contributed by atoms with Crippen LogP contribution in [-0.4, -0.2) is 42.6 Å². The van der Waals surface area contributed by atoms with Gasteiger partial charge in [-0.1, -0.05) is 18.2 Å². The summed E-state index contributed by atoms with van der Waals surface area (Å²) >= 11 is 0. The van der Waals surface area contributed by atoms with E-state index in [1.54, 1.807) is 0 Å². The maximum Gasteiger partial charge on any atom is 0.245 e. The molecule has 0 aromatic heterocycles. The highest BCUT2D eigenvalue weighted by atomic mass is 16.5. The van der Waals surface area contributed by atoms with Crippen LogP contribution in [-0.2, 0) is 16.0 Å². The first-order chi connectivity index (χ1) is 8.75. The topological polar surface area (TPSA) is 41.6 Å². The van der Waals surface area contributed by atoms with Gasteiger partial charge in [0.15, 0.2) is 0 Å². The van der Waals surface area contributed by atoms with E-state index in [-0.39, 0.29) is 18.0 Å². The van der Waals surface area contributed by atoms with Crippen molar-refractivity contribution in [2.24, 2.45) is 0 Å². The molecule has 1 saturated heterocycles. The van der Waals surface area contributed by atoms with Crippen LogP contribution in [0.15, 0.2) is 24.3 Å². The van der Waals surface area contributed by atoms with E-state index in [4.69, 9.17) is 4.74 Å². The first-order valence-corrected chi connectivity index (χ1v) is 6.48. The minimum Gasteiger partial charge on any atom is -0.377 e. The molecule has 4 heteroatoms. The molecule has 1 fully saturated rings. The molecule has 0 radical (unpaired) electrons. The Labute approximate surface area is 107 Å². The molecular formula is C14H18N2O2. The summed E-state index contributed by atoms with van der Waals surface area (Å²) in [4.78, 5) is 14.4. The molecule has 1 aromatic carbocycles. The molecule has 2 atom stereocenters. The number of hydrogen-bond acceptors (Lipinski definition) is 3. The van der Waals surface area contributed by atoms with Crippen LogP contribution < -0.4 is 5.32 Å². The van der Waals surface area contributed by atoms with Crippen molar-refractivity contribution in [1.82, 2.24) is 4.90 Å². The number of carbonyl (C=O) groups is 1. The molecule has 2 aliphatic heterocycles. The zero-order chi connectivity index (χ0) is 12.5. The van der Waals surface area contributed by atoms with Gasteiger partial charge in [-0.05, 0) is 18.6 Å². The zero-order valence-corrected chi connectivity index (χ0v) is 10.6. The number of anilines is 1. The lowest BCUT2D eigenvalue weighted by atomic mass is 10.1. The fourth-order valence-corrected chi connectivity index (χ4v) is 2.70. The van der Waals surface area contributed by atoms with Gasteiger partial charge in [0.2, 0.25) is 5.91 Å². The molecule has 1 N–H and O–H groups in total. The van der Waals surface area contributed by atoms with Crippen molar-refractivity contribution in [3.05, 3.63) is 29.8 Å². The second kappa shape index (κ2) is 4.61. The monoisotopic (exact) mass is 246 g/mol. The summed E-state index contributed by atoms with van der Waals surface area (Å²) in [5.74, 6) is 0.196. The van der Waals surface area contributed by atoms with Gasteiger partial charge in [-0.15, -0.1) is 0 Å². The fourth-order valence-electron chi connectivity index (χ4n) is 2.70. The maximum absolute atomic E-state index is 12.5. The molecule has 2 heterocycles. The van der Waals surface area contributed by atoms with Gasteiger partial charge in [0.1, 0.15) is 6.04 Å². The first-order valence-electron chi connectivity index (χ1n) is 6.48. The van der Waals surface area contributed by atoms with Crippen LogP contribution in [0.3, 0.4) is 0 Å². The summed E-state index contributed by atoms with van der Waals surface area (Å²) in [7, 11) is 0. The van der Waals surface area contributed by atoms with Crippen LogP contribution in [0.4, 0.5) is 5.69 Å². The average Bonchev–Trinajstić information content (AvgIpc) is 2.82. The largest absolute Gasteiger partial charge is 0.377 e. The predicted molar refractivity (Wildman–Crippen MR) is 69.6 cm³/mol. The summed E-state index contributed by atoms with van der Waals surface area (Å²) in [6.45, 7) is 4.04. The summed E-state index contributed by atoms with van der Waals surface area (Å²) in [6.07, 6.45) is 0.791. The molecule has 0 saturated carbocycles. The van der Waals surface area contributed by atoms with Crippen LogP contribution in [0.2, 0.25) is 0 Å². The number of fused-ring (bicyclic) bond motifs is 1. The normalized spacial score (nSPS) is 26.6. The molecule has 1 amide bonds. The number of morpholine rings is 1. The number of nitrogens with zero attached hydrogens (tertiary/aromatic N) is 1. The van der Waals surface area contributed by atoms with Gasteiger partial charge in [-0.25, -0.2) is 0 Å². The van der Waals surface area contributed by atoms with Crippen molar-refractivity contribution in [2.75, 3.05) is 25.1 Å². The van der Waals surface area contributed by atoms with Gasteiger partial charge in [0.05, 0.1) is 19.3 Å².